The topological polar surface area (TPSA) is 43.8 Å². The molecule has 0 saturated carbocycles. The SMILES string of the molecule is CN1CCCCCC(O)c2cc(C(=O)N3CCCCCC3)ccc21. The van der Waals surface area contributed by atoms with E-state index in [2.05, 4.69) is 11.9 Å². The van der Waals surface area contributed by atoms with Crippen molar-refractivity contribution >= 4 is 11.6 Å². The summed E-state index contributed by atoms with van der Waals surface area (Å²) in [5.74, 6) is 0.120. The predicted octanol–water partition coefficient (Wildman–Crippen LogP) is 3.75. The fourth-order valence-corrected chi connectivity index (χ4v) is 3.90. The van der Waals surface area contributed by atoms with Gasteiger partial charge in [-0.15, -0.1) is 0 Å². The third-order valence-electron chi connectivity index (χ3n) is 5.41. The zero-order valence-electron chi connectivity index (χ0n) is 14.8. The summed E-state index contributed by atoms with van der Waals surface area (Å²) in [6.45, 7) is 2.72. The summed E-state index contributed by atoms with van der Waals surface area (Å²) in [4.78, 5) is 17.1. The minimum atomic E-state index is -0.475. The first-order valence-electron chi connectivity index (χ1n) is 9.49. The smallest absolute Gasteiger partial charge is 0.253 e. The molecule has 1 saturated heterocycles. The summed E-state index contributed by atoms with van der Waals surface area (Å²) in [6, 6.07) is 5.90. The van der Waals surface area contributed by atoms with E-state index in [1.807, 2.05) is 23.1 Å². The molecule has 1 N–H and O–H groups in total. The van der Waals surface area contributed by atoms with Crippen molar-refractivity contribution in [1.29, 1.82) is 0 Å². The molecule has 1 fully saturated rings. The third kappa shape index (κ3) is 3.92. The number of aliphatic hydroxyl groups excluding tert-OH is 1. The summed E-state index contributed by atoms with van der Waals surface area (Å²) in [5.41, 5.74) is 2.71. The number of rotatable bonds is 1. The number of aliphatic hydroxyl groups is 1. The van der Waals surface area contributed by atoms with Crippen molar-refractivity contribution in [2.24, 2.45) is 0 Å². The molecule has 132 valence electrons. The van der Waals surface area contributed by atoms with Gasteiger partial charge in [0.25, 0.3) is 5.91 Å². The zero-order chi connectivity index (χ0) is 16.9. The molecule has 2 aliphatic rings. The van der Waals surface area contributed by atoms with Gasteiger partial charge < -0.3 is 14.9 Å². The van der Waals surface area contributed by atoms with E-state index >= 15 is 0 Å². The summed E-state index contributed by atoms with van der Waals surface area (Å²) in [7, 11) is 2.08. The van der Waals surface area contributed by atoms with Crippen LogP contribution >= 0.6 is 0 Å². The maximum atomic E-state index is 12.9. The summed E-state index contributed by atoms with van der Waals surface area (Å²) >= 11 is 0. The van der Waals surface area contributed by atoms with Crippen molar-refractivity contribution in [2.75, 3.05) is 31.6 Å². The first-order chi connectivity index (χ1) is 11.7. The number of benzene rings is 1. The Bertz CT molecular complexity index is 565. The highest BCUT2D eigenvalue weighted by atomic mass is 16.3. The summed E-state index contributed by atoms with van der Waals surface area (Å²) < 4.78 is 0. The van der Waals surface area contributed by atoms with Gasteiger partial charge in [-0.05, 0) is 43.9 Å². The third-order valence-corrected chi connectivity index (χ3v) is 5.41. The Hall–Kier alpha value is -1.55. The van der Waals surface area contributed by atoms with Gasteiger partial charge in [0, 0.05) is 43.5 Å². The van der Waals surface area contributed by atoms with Crippen LogP contribution in [0.2, 0.25) is 0 Å². The minimum absolute atomic E-state index is 0.120. The zero-order valence-corrected chi connectivity index (χ0v) is 14.8. The molecule has 0 bridgehead atoms. The highest BCUT2D eigenvalue weighted by molar-refractivity contribution is 5.95. The average Bonchev–Trinajstić information content (AvgIpc) is 2.86. The molecule has 1 amide bonds. The molecule has 1 unspecified atom stereocenters. The van der Waals surface area contributed by atoms with Crippen molar-refractivity contribution in [3.8, 4) is 0 Å². The molecule has 3 rings (SSSR count). The lowest BCUT2D eigenvalue weighted by Gasteiger charge is -2.25. The van der Waals surface area contributed by atoms with Gasteiger partial charge in [-0.3, -0.25) is 4.79 Å². The molecular weight excluding hydrogens is 300 g/mol. The van der Waals surface area contributed by atoms with E-state index in [4.69, 9.17) is 0 Å². The fraction of sp³-hybridized carbons (Fsp3) is 0.650. The number of carbonyl (C=O) groups excluding carboxylic acids is 1. The monoisotopic (exact) mass is 330 g/mol. The molecule has 1 aromatic rings. The van der Waals surface area contributed by atoms with Gasteiger partial charge in [0.15, 0.2) is 0 Å². The van der Waals surface area contributed by atoms with E-state index in [0.29, 0.717) is 0 Å². The van der Waals surface area contributed by atoms with Crippen LogP contribution in [-0.2, 0) is 0 Å². The molecule has 4 heteroatoms. The quantitative estimate of drug-likeness (QED) is 0.853. The van der Waals surface area contributed by atoms with Crippen molar-refractivity contribution < 1.29 is 9.90 Å². The summed E-state index contributed by atoms with van der Waals surface area (Å²) in [5, 5.41) is 10.6. The number of fused-ring (bicyclic) bond motifs is 1. The van der Waals surface area contributed by atoms with Crippen LogP contribution in [0.25, 0.3) is 0 Å². The van der Waals surface area contributed by atoms with Crippen molar-refractivity contribution in [2.45, 2.75) is 57.5 Å². The van der Waals surface area contributed by atoms with Gasteiger partial charge in [-0.2, -0.15) is 0 Å². The molecule has 0 aromatic heterocycles. The van der Waals surface area contributed by atoms with Crippen molar-refractivity contribution in [1.82, 2.24) is 4.90 Å². The number of hydrogen-bond acceptors (Lipinski definition) is 3. The van der Waals surface area contributed by atoms with E-state index in [0.717, 1.165) is 75.0 Å². The first-order valence-corrected chi connectivity index (χ1v) is 9.49. The first kappa shape index (κ1) is 17.3. The van der Waals surface area contributed by atoms with Crippen LogP contribution in [0.3, 0.4) is 0 Å². The molecular formula is C20H30N2O2. The van der Waals surface area contributed by atoms with Crippen molar-refractivity contribution in [3.05, 3.63) is 29.3 Å². The van der Waals surface area contributed by atoms with Crippen LogP contribution in [0, 0.1) is 0 Å². The van der Waals surface area contributed by atoms with Gasteiger partial charge in [-0.25, -0.2) is 0 Å². The maximum Gasteiger partial charge on any atom is 0.253 e. The van der Waals surface area contributed by atoms with E-state index in [-0.39, 0.29) is 5.91 Å². The standard InChI is InChI=1S/C20H30N2O2/c1-21-12-6-4-5-9-19(23)17-15-16(10-11-18(17)21)20(24)22-13-7-2-3-8-14-22/h10-11,15,19,23H,2-9,12-14H2,1H3. The molecule has 0 radical (unpaired) electrons. The Morgan fingerprint density at radius 2 is 1.67 bits per heavy atom. The average molecular weight is 330 g/mol. The molecule has 0 spiro atoms. The highest BCUT2D eigenvalue weighted by Crippen LogP contribution is 2.32. The predicted molar refractivity (Wildman–Crippen MR) is 97.5 cm³/mol. The van der Waals surface area contributed by atoms with Gasteiger partial charge in [0.05, 0.1) is 6.10 Å². The Morgan fingerprint density at radius 3 is 2.42 bits per heavy atom. The molecule has 0 aliphatic carbocycles. The second-order valence-electron chi connectivity index (χ2n) is 7.27. The normalized spacial score (nSPS) is 22.8. The van der Waals surface area contributed by atoms with Crippen LogP contribution < -0.4 is 4.90 Å². The number of likely N-dealkylation sites (tertiary alicyclic amines) is 1. The Labute approximate surface area is 145 Å². The van der Waals surface area contributed by atoms with Crippen LogP contribution in [-0.4, -0.2) is 42.6 Å². The number of amides is 1. The second-order valence-corrected chi connectivity index (χ2v) is 7.27. The molecule has 1 atom stereocenters. The fourth-order valence-electron chi connectivity index (χ4n) is 3.90. The Morgan fingerprint density at radius 1 is 1.00 bits per heavy atom. The molecule has 2 aliphatic heterocycles. The number of hydrogen-bond donors (Lipinski definition) is 1. The number of nitrogens with zero attached hydrogens (tertiary/aromatic N) is 2. The number of anilines is 1. The van der Waals surface area contributed by atoms with Gasteiger partial charge in [-0.1, -0.05) is 25.7 Å². The van der Waals surface area contributed by atoms with Crippen LogP contribution in [0.4, 0.5) is 5.69 Å². The Kier molecular flexibility index (Phi) is 5.77. The second kappa shape index (κ2) is 8.02. The van der Waals surface area contributed by atoms with Crippen LogP contribution in [0.5, 0.6) is 0 Å². The van der Waals surface area contributed by atoms with E-state index in [9.17, 15) is 9.90 Å². The molecule has 1 aromatic carbocycles. The largest absolute Gasteiger partial charge is 0.388 e. The molecule has 24 heavy (non-hydrogen) atoms. The molecule has 4 nitrogen and oxygen atoms in total. The van der Waals surface area contributed by atoms with Gasteiger partial charge >= 0.3 is 0 Å². The van der Waals surface area contributed by atoms with Crippen LogP contribution in [0.15, 0.2) is 18.2 Å². The number of carbonyl (C=O) groups is 1. The lowest BCUT2D eigenvalue weighted by atomic mass is 9.99. The lowest BCUT2D eigenvalue weighted by molar-refractivity contribution is 0.0761. The maximum absolute atomic E-state index is 12.9. The van der Waals surface area contributed by atoms with E-state index < -0.39 is 6.10 Å². The lowest BCUT2D eigenvalue weighted by Crippen LogP contribution is -2.32. The Balaban J connectivity index is 1.87. The minimum Gasteiger partial charge on any atom is -0.388 e. The highest BCUT2D eigenvalue weighted by Gasteiger charge is 2.22. The molecule has 2 heterocycles. The van der Waals surface area contributed by atoms with Crippen LogP contribution in [0.1, 0.15) is 73.4 Å². The van der Waals surface area contributed by atoms with Crippen molar-refractivity contribution in [3.63, 3.8) is 0 Å². The van der Waals surface area contributed by atoms with E-state index in [1.54, 1.807) is 0 Å². The van der Waals surface area contributed by atoms with E-state index in [1.165, 1.54) is 12.8 Å². The summed E-state index contributed by atoms with van der Waals surface area (Å²) in [6.07, 6.45) is 8.28. The van der Waals surface area contributed by atoms with Gasteiger partial charge in [0.1, 0.15) is 0 Å². The van der Waals surface area contributed by atoms with Gasteiger partial charge in [0.2, 0.25) is 0 Å².